The molecule has 5 nitrogen and oxygen atoms in total. The third-order valence-electron chi connectivity index (χ3n) is 4.02. The Bertz CT molecular complexity index is 759. The summed E-state index contributed by atoms with van der Waals surface area (Å²) in [5.74, 6) is -0.0239. The number of hydrogen-bond donors (Lipinski definition) is 2. The smallest absolute Gasteiger partial charge is 0.407 e. The number of carbonyl (C=O) groups is 1. The lowest BCUT2D eigenvalue weighted by Gasteiger charge is -2.34. The van der Waals surface area contributed by atoms with E-state index in [2.05, 4.69) is 0 Å². The van der Waals surface area contributed by atoms with E-state index in [1.165, 1.54) is 17.0 Å². The average molecular weight is 360 g/mol. The van der Waals surface area contributed by atoms with Gasteiger partial charge in [0, 0.05) is 23.7 Å². The molecular weight excluding hydrogens is 335 g/mol. The maximum atomic E-state index is 13.4. The fraction of sp³-hybridized carbons (Fsp3) is 0.350. The first kappa shape index (κ1) is 19.6. The number of benzene rings is 2. The summed E-state index contributed by atoms with van der Waals surface area (Å²) < 4.78 is 19.4. The highest BCUT2D eigenvalue weighted by atomic mass is 19.1. The highest BCUT2D eigenvalue weighted by Crippen LogP contribution is 2.26. The number of amides is 1. The largest absolute Gasteiger partial charge is 0.488 e. The van der Waals surface area contributed by atoms with E-state index in [0.29, 0.717) is 11.4 Å². The minimum Gasteiger partial charge on any atom is -0.488 e. The number of nitrogens with two attached hydrogens (primary N) is 1. The van der Waals surface area contributed by atoms with Gasteiger partial charge in [0.25, 0.3) is 0 Å². The summed E-state index contributed by atoms with van der Waals surface area (Å²) in [5.41, 5.74) is 6.80. The van der Waals surface area contributed by atoms with E-state index >= 15 is 0 Å². The molecule has 2 aromatic carbocycles. The van der Waals surface area contributed by atoms with Gasteiger partial charge in [0.1, 0.15) is 17.7 Å². The SMILES string of the molecule is CC(C)(C)C(CN(Cc1cccc(N)c1)C(=O)O)Oc1cccc(F)c1. The second kappa shape index (κ2) is 8.08. The molecule has 26 heavy (non-hydrogen) atoms. The molecule has 0 aromatic heterocycles. The maximum absolute atomic E-state index is 13.4. The Hall–Kier alpha value is -2.76. The Labute approximate surface area is 153 Å². The molecule has 0 radical (unpaired) electrons. The molecule has 140 valence electrons. The zero-order valence-electron chi connectivity index (χ0n) is 15.3. The third kappa shape index (κ3) is 5.65. The molecule has 0 saturated carbocycles. The number of ether oxygens (including phenoxy) is 1. The van der Waals surface area contributed by atoms with E-state index in [1.807, 2.05) is 26.8 Å². The lowest BCUT2D eigenvalue weighted by molar-refractivity contribution is 0.0457. The molecule has 0 aliphatic heterocycles. The number of rotatable bonds is 6. The average Bonchev–Trinajstić information content (AvgIpc) is 2.52. The Kier molecular flexibility index (Phi) is 6.08. The summed E-state index contributed by atoms with van der Waals surface area (Å²) in [6.45, 7) is 6.20. The van der Waals surface area contributed by atoms with Crippen LogP contribution in [0.3, 0.4) is 0 Å². The monoisotopic (exact) mass is 360 g/mol. The third-order valence-corrected chi connectivity index (χ3v) is 4.02. The molecule has 0 aliphatic carbocycles. The quantitative estimate of drug-likeness (QED) is 0.750. The maximum Gasteiger partial charge on any atom is 0.407 e. The predicted octanol–water partition coefficient (Wildman–Crippen LogP) is 4.38. The van der Waals surface area contributed by atoms with Crippen LogP contribution >= 0.6 is 0 Å². The normalized spacial score (nSPS) is 12.5. The van der Waals surface area contributed by atoms with Gasteiger partial charge in [-0.05, 0) is 29.8 Å². The molecule has 0 saturated heterocycles. The van der Waals surface area contributed by atoms with E-state index in [-0.39, 0.29) is 18.5 Å². The van der Waals surface area contributed by atoms with Gasteiger partial charge in [-0.3, -0.25) is 0 Å². The molecule has 0 aliphatic rings. The van der Waals surface area contributed by atoms with Crippen molar-refractivity contribution < 1.29 is 19.0 Å². The minimum atomic E-state index is -1.05. The molecule has 1 unspecified atom stereocenters. The van der Waals surface area contributed by atoms with Crippen LogP contribution in [0.15, 0.2) is 48.5 Å². The fourth-order valence-corrected chi connectivity index (χ4v) is 2.51. The van der Waals surface area contributed by atoms with Crippen molar-refractivity contribution in [1.29, 1.82) is 0 Å². The van der Waals surface area contributed by atoms with Crippen molar-refractivity contribution in [1.82, 2.24) is 4.90 Å². The topological polar surface area (TPSA) is 75.8 Å². The zero-order chi connectivity index (χ0) is 19.3. The number of carboxylic acid groups (broad SMARTS) is 1. The van der Waals surface area contributed by atoms with Gasteiger partial charge in [0.15, 0.2) is 0 Å². The first-order valence-corrected chi connectivity index (χ1v) is 8.39. The van der Waals surface area contributed by atoms with E-state index in [4.69, 9.17) is 10.5 Å². The summed E-state index contributed by atoms with van der Waals surface area (Å²) in [4.78, 5) is 13.0. The van der Waals surface area contributed by atoms with Crippen LogP contribution in [0.25, 0.3) is 0 Å². The summed E-state index contributed by atoms with van der Waals surface area (Å²) in [7, 11) is 0. The highest BCUT2D eigenvalue weighted by Gasteiger charge is 2.30. The van der Waals surface area contributed by atoms with Gasteiger partial charge in [0.05, 0.1) is 6.54 Å². The Balaban J connectivity index is 2.19. The number of hydrogen-bond acceptors (Lipinski definition) is 3. The molecule has 0 bridgehead atoms. The molecule has 1 atom stereocenters. The Morgan fingerprint density at radius 3 is 2.50 bits per heavy atom. The van der Waals surface area contributed by atoms with Crippen molar-refractivity contribution in [3.63, 3.8) is 0 Å². The molecule has 0 spiro atoms. The summed E-state index contributed by atoms with van der Waals surface area (Å²) >= 11 is 0. The molecule has 2 aromatic rings. The first-order chi connectivity index (χ1) is 12.1. The summed E-state index contributed by atoms with van der Waals surface area (Å²) in [5, 5.41) is 9.61. The number of nitrogens with zero attached hydrogens (tertiary/aromatic N) is 1. The standard InChI is InChI=1S/C20H25FN2O3/c1-20(2,3)18(26-17-9-5-7-15(21)11-17)13-23(19(24)25)12-14-6-4-8-16(22)10-14/h4-11,18H,12-13,22H2,1-3H3,(H,24,25). The zero-order valence-corrected chi connectivity index (χ0v) is 15.3. The van der Waals surface area contributed by atoms with E-state index < -0.39 is 18.0 Å². The van der Waals surface area contributed by atoms with Gasteiger partial charge in [-0.2, -0.15) is 0 Å². The summed E-state index contributed by atoms with van der Waals surface area (Å²) in [6.07, 6.45) is -1.51. The highest BCUT2D eigenvalue weighted by molar-refractivity contribution is 5.65. The van der Waals surface area contributed by atoms with Crippen LogP contribution in [0, 0.1) is 11.2 Å². The lowest BCUT2D eigenvalue weighted by Crippen LogP contribution is -2.44. The van der Waals surface area contributed by atoms with E-state index in [1.54, 1.807) is 30.3 Å². The van der Waals surface area contributed by atoms with Gasteiger partial charge in [-0.25, -0.2) is 9.18 Å². The van der Waals surface area contributed by atoms with Gasteiger partial charge >= 0.3 is 6.09 Å². The number of anilines is 1. The van der Waals surface area contributed by atoms with Gasteiger partial charge < -0.3 is 20.5 Å². The Morgan fingerprint density at radius 2 is 1.92 bits per heavy atom. The van der Waals surface area contributed by atoms with Crippen LogP contribution in [0.4, 0.5) is 14.9 Å². The van der Waals surface area contributed by atoms with Gasteiger partial charge in [-0.1, -0.05) is 39.0 Å². The minimum absolute atomic E-state index is 0.143. The van der Waals surface area contributed by atoms with Gasteiger partial charge in [0.2, 0.25) is 0 Å². The van der Waals surface area contributed by atoms with Crippen LogP contribution in [0.5, 0.6) is 5.75 Å². The molecule has 0 fully saturated rings. The van der Waals surface area contributed by atoms with Crippen molar-refractivity contribution in [2.24, 2.45) is 5.41 Å². The predicted molar refractivity (Wildman–Crippen MR) is 99.6 cm³/mol. The lowest BCUT2D eigenvalue weighted by atomic mass is 9.88. The molecule has 1 amide bonds. The molecule has 0 heterocycles. The van der Waals surface area contributed by atoms with Crippen LogP contribution in [0.2, 0.25) is 0 Å². The van der Waals surface area contributed by atoms with E-state index in [9.17, 15) is 14.3 Å². The van der Waals surface area contributed by atoms with Crippen molar-refractivity contribution in [3.05, 3.63) is 59.9 Å². The van der Waals surface area contributed by atoms with Gasteiger partial charge in [-0.15, -0.1) is 0 Å². The first-order valence-electron chi connectivity index (χ1n) is 8.39. The van der Waals surface area contributed by atoms with Crippen LogP contribution in [0.1, 0.15) is 26.3 Å². The van der Waals surface area contributed by atoms with Crippen molar-refractivity contribution in [2.45, 2.75) is 33.4 Å². The van der Waals surface area contributed by atoms with Crippen molar-refractivity contribution in [3.8, 4) is 5.75 Å². The summed E-state index contributed by atoms with van der Waals surface area (Å²) in [6, 6.07) is 13.0. The van der Waals surface area contributed by atoms with E-state index in [0.717, 1.165) is 5.56 Å². The van der Waals surface area contributed by atoms with Crippen LogP contribution in [-0.2, 0) is 6.54 Å². The molecule has 6 heteroatoms. The second-order valence-corrected chi connectivity index (χ2v) is 7.34. The second-order valence-electron chi connectivity index (χ2n) is 7.34. The number of halogens is 1. The van der Waals surface area contributed by atoms with Crippen molar-refractivity contribution in [2.75, 3.05) is 12.3 Å². The molecular formula is C20H25FN2O3. The number of nitrogen functional groups attached to an aromatic ring is 1. The van der Waals surface area contributed by atoms with Crippen LogP contribution < -0.4 is 10.5 Å². The molecule has 3 N–H and O–H groups in total. The van der Waals surface area contributed by atoms with Crippen molar-refractivity contribution >= 4 is 11.8 Å². The van der Waals surface area contributed by atoms with Crippen LogP contribution in [-0.4, -0.2) is 28.7 Å². The Morgan fingerprint density at radius 1 is 1.23 bits per heavy atom. The fourth-order valence-electron chi connectivity index (χ4n) is 2.51. The molecule has 2 rings (SSSR count).